The fourth-order valence-corrected chi connectivity index (χ4v) is 2.13. The fourth-order valence-electron chi connectivity index (χ4n) is 2.13. The predicted molar refractivity (Wildman–Crippen MR) is 82.6 cm³/mol. The second-order valence-corrected chi connectivity index (χ2v) is 5.19. The largest absolute Gasteiger partial charge is 0.481 e. The summed E-state index contributed by atoms with van der Waals surface area (Å²) in [6.07, 6.45) is -0.0872. The minimum Gasteiger partial charge on any atom is -0.481 e. The van der Waals surface area contributed by atoms with Crippen LogP contribution >= 0.6 is 0 Å². The number of carbonyl (C=O) groups excluding carboxylic acids is 1. The summed E-state index contributed by atoms with van der Waals surface area (Å²) >= 11 is 0. The normalized spacial score (nSPS) is 10.4. The first-order valence-electron chi connectivity index (χ1n) is 6.90. The molecule has 3 heteroatoms. The van der Waals surface area contributed by atoms with Crippen molar-refractivity contribution in [3.05, 3.63) is 59.2 Å². The zero-order valence-electron chi connectivity index (χ0n) is 12.2. The third-order valence-electron chi connectivity index (χ3n) is 3.61. The minimum atomic E-state index is -0.949. The molecule has 0 saturated carbocycles. The number of ketones is 1. The van der Waals surface area contributed by atoms with Crippen LogP contribution in [0, 0.1) is 13.8 Å². The lowest BCUT2D eigenvalue weighted by Crippen LogP contribution is -2.03. The number of carboxylic acids is 1. The van der Waals surface area contributed by atoms with Gasteiger partial charge in [0.1, 0.15) is 0 Å². The molecule has 2 aromatic rings. The third kappa shape index (κ3) is 3.78. The van der Waals surface area contributed by atoms with Crippen molar-refractivity contribution in [1.29, 1.82) is 0 Å². The summed E-state index contributed by atoms with van der Waals surface area (Å²) in [5.74, 6) is -1.08. The standard InChI is InChI=1S/C18H18O3/c1-12-3-4-16(11-13(12)2)14-5-7-15(8-6-14)17(19)9-10-18(20)21/h3-8,11H,9-10H2,1-2H3,(H,20,21). The van der Waals surface area contributed by atoms with Crippen LogP contribution < -0.4 is 0 Å². The summed E-state index contributed by atoms with van der Waals surface area (Å²) < 4.78 is 0. The Bertz CT molecular complexity index is 669. The van der Waals surface area contributed by atoms with Crippen LogP contribution in [0.5, 0.6) is 0 Å². The summed E-state index contributed by atoms with van der Waals surface area (Å²) in [4.78, 5) is 22.3. The molecule has 2 aromatic carbocycles. The Morgan fingerprint density at radius 2 is 1.48 bits per heavy atom. The smallest absolute Gasteiger partial charge is 0.303 e. The van der Waals surface area contributed by atoms with Crippen molar-refractivity contribution in [2.75, 3.05) is 0 Å². The zero-order valence-corrected chi connectivity index (χ0v) is 12.2. The molecule has 0 amide bonds. The SMILES string of the molecule is Cc1ccc(-c2ccc(C(=O)CCC(=O)O)cc2)cc1C. The monoisotopic (exact) mass is 282 g/mol. The molecule has 0 aromatic heterocycles. The second-order valence-electron chi connectivity index (χ2n) is 5.19. The first-order valence-corrected chi connectivity index (χ1v) is 6.90. The Morgan fingerprint density at radius 3 is 2.05 bits per heavy atom. The van der Waals surface area contributed by atoms with Crippen molar-refractivity contribution in [3.63, 3.8) is 0 Å². The molecule has 1 N–H and O–H groups in total. The number of benzene rings is 2. The molecule has 21 heavy (non-hydrogen) atoms. The van der Waals surface area contributed by atoms with Gasteiger partial charge in [-0.25, -0.2) is 0 Å². The van der Waals surface area contributed by atoms with E-state index in [1.807, 2.05) is 12.1 Å². The van der Waals surface area contributed by atoms with Crippen LogP contribution in [-0.4, -0.2) is 16.9 Å². The zero-order chi connectivity index (χ0) is 15.4. The van der Waals surface area contributed by atoms with Gasteiger partial charge in [0.15, 0.2) is 5.78 Å². The number of carbonyl (C=O) groups is 2. The summed E-state index contributed by atoms with van der Waals surface area (Å²) in [5, 5.41) is 8.60. The number of hydrogen-bond acceptors (Lipinski definition) is 2. The van der Waals surface area contributed by atoms with Gasteiger partial charge in [-0.1, -0.05) is 42.5 Å². The van der Waals surface area contributed by atoms with E-state index in [9.17, 15) is 9.59 Å². The molecule has 0 aliphatic heterocycles. The molecule has 108 valence electrons. The van der Waals surface area contributed by atoms with E-state index in [-0.39, 0.29) is 18.6 Å². The predicted octanol–water partition coefficient (Wildman–Crippen LogP) is 4.02. The highest BCUT2D eigenvalue weighted by atomic mass is 16.4. The molecule has 0 spiro atoms. The molecular weight excluding hydrogens is 264 g/mol. The number of carboxylic acid groups (broad SMARTS) is 1. The van der Waals surface area contributed by atoms with Crippen LogP contribution in [0.1, 0.15) is 34.3 Å². The molecule has 2 rings (SSSR count). The van der Waals surface area contributed by atoms with Crippen LogP contribution in [0.25, 0.3) is 11.1 Å². The fraction of sp³-hybridized carbons (Fsp3) is 0.222. The second kappa shape index (κ2) is 6.35. The van der Waals surface area contributed by atoms with Crippen molar-refractivity contribution in [2.24, 2.45) is 0 Å². The third-order valence-corrected chi connectivity index (χ3v) is 3.61. The van der Waals surface area contributed by atoms with Crippen molar-refractivity contribution in [2.45, 2.75) is 26.7 Å². The Balaban J connectivity index is 2.16. The van der Waals surface area contributed by atoms with E-state index in [1.165, 1.54) is 11.1 Å². The maximum atomic E-state index is 11.8. The van der Waals surface area contributed by atoms with Crippen LogP contribution in [0.3, 0.4) is 0 Å². The maximum absolute atomic E-state index is 11.8. The molecule has 0 bridgehead atoms. The number of aliphatic carboxylic acids is 1. The maximum Gasteiger partial charge on any atom is 0.303 e. The minimum absolute atomic E-state index is 0.0400. The van der Waals surface area contributed by atoms with Crippen LogP contribution in [0.15, 0.2) is 42.5 Å². The molecule has 0 aliphatic carbocycles. The first kappa shape index (κ1) is 15.0. The van der Waals surface area contributed by atoms with E-state index < -0.39 is 5.97 Å². The highest BCUT2D eigenvalue weighted by Gasteiger charge is 2.08. The molecule has 0 unspecified atom stereocenters. The van der Waals surface area contributed by atoms with E-state index >= 15 is 0 Å². The van der Waals surface area contributed by atoms with E-state index in [2.05, 4.69) is 32.0 Å². The van der Waals surface area contributed by atoms with Crippen LogP contribution in [0.4, 0.5) is 0 Å². The quantitative estimate of drug-likeness (QED) is 0.843. The molecule has 0 heterocycles. The molecule has 0 aliphatic rings. The number of rotatable bonds is 5. The van der Waals surface area contributed by atoms with Gasteiger partial charge in [0, 0.05) is 12.0 Å². The van der Waals surface area contributed by atoms with Gasteiger partial charge < -0.3 is 5.11 Å². The van der Waals surface area contributed by atoms with E-state index in [0.717, 1.165) is 11.1 Å². The van der Waals surface area contributed by atoms with E-state index in [4.69, 9.17) is 5.11 Å². The van der Waals surface area contributed by atoms with Crippen molar-refractivity contribution in [3.8, 4) is 11.1 Å². The van der Waals surface area contributed by atoms with Gasteiger partial charge >= 0.3 is 5.97 Å². The Kier molecular flexibility index (Phi) is 4.53. The molecule has 0 saturated heterocycles. The summed E-state index contributed by atoms with van der Waals surface area (Å²) in [5.41, 5.74) is 5.20. The van der Waals surface area contributed by atoms with Crippen molar-refractivity contribution < 1.29 is 14.7 Å². The average molecular weight is 282 g/mol. The van der Waals surface area contributed by atoms with Gasteiger partial charge in [-0.2, -0.15) is 0 Å². The lowest BCUT2D eigenvalue weighted by atomic mass is 9.98. The summed E-state index contributed by atoms with van der Waals surface area (Å²) in [6, 6.07) is 13.6. The number of Topliss-reactive ketones (excluding diaryl/α,β-unsaturated/α-hetero) is 1. The lowest BCUT2D eigenvalue weighted by molar-refractivity contribution is -0.136. The van der Waals surface area contributed by atoms with Crippen molar-refractivity contribution >= 4 is 11.8 Å². The Hall–Kier alpha value is -2.42. The van der Waals surface area contributed by atoms with Gasteiger partial charge in [0.05, 0.1) is 6.42 Å². The van der Waals surface area contributed by atoms with Crippen LogP contribution in [0.2, 0.25) is 0 Å². The van der Waals surface area contributed by atoms with Gasteiger partial charge in [0.25, 0.3) is 0 Å². The molecule has 0 radical (unpaired) electrons. The van der Waals surface area contributed by atoms with Gasteiger partial charge in [0.2, 0.25) is 0 Å². The first-order chi connectivity index (χ1) is 9.97. The highest BCUT2D eigenvalue weighted by molar-refractivity contribution is 5.97. The summed E-state index contributed by atoms with van der Waals surface area (Å²) in [6.45, 7) is 4.14. The number of aryl methyl sites for hydroxylation is 2. The lowest BCUT2D eigenvalue weighted by Gasteiger charge is -2.06. The Labute approximate surface area is 124 Å². The molecule has 0 fully saturated rings. The number of hydrogen-bond donors (Lipinski definition) is 1. The summed E-state index contributed by atoms with van der Waals surface area (Å²) in [7, 11) is 0. The van der Waals surface area contributed by atoms with Crippen molar-refractivity contribution in [1.82, 2.24) is 0 Å². The van der Waals surface area contributed by atoms with Gasteiger partial charge in [-0.3, -0.25) is 9.59 Å². The van der Waals surface area contributed by atoms with Crippen LogP contribution in [-0.2, 0) is 4.79 Å². The van der Waals surface area contributed by atoms with Gasteiger partial charge in [-0.05, 0) is 36.1 Å². The van der Waals surface area contributed by atoms with E-state index in [0.29, 0.717) is 5.56 Å². The average Bonchev–Trinajstić information content (AvgIpc) is 2.48. The molecule has 3 nitrogen and oxygen atoms in total. The van der Waals surface area contributed by atoms with Gasteiger partial charge in [-0.15, -0.1) is 0 Å². The van der Waals surface area contributed by atoms with E-state index in [1.54, 1.807) is 12.1 Å². The molecular formula is C18H18O3. The molecule has 0 atom stereocenters. The Morgan fingerprint density at radius 1 is 0.857 bits per heavy atom. The topological polar surface area (TPSA) is 54.4 Å². The highest BCUT2D eigenvalue weighted by Crippen LogP contribution is 2.23.